The van der Waals surface area contributed by atoms with E-state index in [1.165, 1.54) is 6.07 Å². The highest BCUT2D eigenvalue weighted by Crippen LogP contribution is 2.22. The smallest absolute Gasteiger partial charge is 0.207 e. The van der Waals surface area contributed by atoms with Gasteiger partial charge in [-0.3, -0.25) is 0 Å². The summed E-state index contributed by atoms with van der Waals surface area (Å²) in [4.78, 5) is -0.657. The number of halogens is 2. The molecule has 0 saturated heterocycles. The molecule has 74 valence electrons. The third-order valence-corrected chi connectivity index (χ3v) is 2.89. The molecule has 0 aliphatic heterocycles. The van der Waals surface area contributed by atoms with E-state index in [9.17, 15) is 12.8 Å². The molecule has 0 amide bonds. The van der Waals surface area contributed by atoms with Crippen LogP contribution in [-0.2, 0) is 9.05 Å². The number of aryl methyl sites for hydroxylation is 1. The van der Waals surface area contributed by atoms with Gasteiger partial charge in [-0.25, -0.2) is 12.8 Å². The first-order chi connectivity index (χ1) is 6.36. The first-order valence-corrected chi connectivity index (χ1v) is 5.82. The lowest BCUT2D eigenvalue weighted by molar-refractivity contribution is 0.572. The molecule has 1 aromatic rings. The van der Waals surface area contributed by atoms with Crippen LogP contribution in [0.5, 0.6) is 0 Å². The van der Waals surface area contributed by atoms with Gasteiger partial charge in [-0.1, -0.05) is 0 Å². The van der Waals surface area contributed by atoms with E-state index in [-0.39, 0.29) is 5.56 Å². The van der Waals surface area contributed by atoms with Gasteiger partial charge in [0.2, 0.25) is 0 Å². The lowest BCUT2D eigenvalue weighted by atomic mass is 10.1. The van der Waals surface area contributed by atoms with Gasteiger partial charge in [0.25, 0.3) is 9.05 Å². The van der Waals surface area contributed by atoms with Crippen molar-refractivity contribution in [1.82, 2.24) is 0 Å². The SMILES string of the molecule is Cc1cc(C#N)c(F)c(S(=O)(=O)Cl)c1. The van der Waals surface area contributed by atoms with Crippen LogP contribution in [0.3, 0.4) is 0 Å². The van der Waals surface area contributed by atoms with Gasteiger partial charge in [0.15, 0.2) is 5.82 Å². The van der Waals surface area contributed by atoms with E-state index in [1.54, 1.807) is 13.0 Å². The Morgan fingerprint density at radius 2 is 2.07 bits per heavy atom. The molecule has 0 N–H and O–H groups in total. The number of nitriles is 1. The summed E-state index contributed by atoms with van der Waals surface area (Å²) in [6.45, 7) is 1.55. The quantitative estimate of drug-likeness (QED) is 0.697. The minimum absolute atomic E-state index is 0.329. The van der Waals surface area contributed by atoms with Crippen LogP contribution in [0.1, 0.15) is 11.1 Å². The Morgan fingerprint density at radius 3 is 2.50 bits per heavy atom. The van der Waals surface area contributed by atoms with Gasteiger partial charge in [-0.2, -0.15) is 5.26 Å². The largest absolute Gasteiger partial charge is 0.264 e. The van der Waals surface area contributed by atoms with E-state index in [1.807, 2.05) is 0 Å². The summed E-state index contributed by atoms with van der Waals surface area (Å²) >= 11 is 0. The van der Waals surface area contributed by atoms with Crippen molar-refractivity contribution < 1.29 is 12.8 Å². The zero-order chi connectivity index (χ0) is 10.9. The van der Waals surface area contributed by atoms with Crippen LogP contribution in [0, 0.1) is 24.1 Å². The average molecular weight is 234 g/mol. The van der Waals surface area contributed by atoms with Gasteiger partial charge in [0.05, 0.1) is 5.56 Å². The summed E-state index contributed by atoms with van der Waals surface area (Å²) in [5.74, 6) is -1.10. The van der Waals surface area contributed by atoms with Crippen LogP contribution < -0.4 is 0 Å². The standard InChI is InChI=1S/C8H5ClFNO2S/c1-5-2-6(4-11)8(10)7(3-5)14(9,12)13/h2-3H,1H3. The lowest BCUT2D eigenvalue weighted by Gasteiger charge is -2.02. The lowest BCUT2D eigenvalue weighted by Crippen LogP contribution is -1.99. The highest BCUT2D eigenvalue weighted by Gasteiger charge is 2.19. The Balaban J connectivity index is 3.64. The van der Waals surface area contributed by atoms with Crippen molar-refractivity contribution in [1.29, 1.82) is 5.26 Å². The van der Waals surface area contributed by atoms with E-state index in [0.29, 0.717) is 5.56 Å². The van der Waals surface area contributed by atoms with Gasteiger partial charge in [0.1, 0.15) is 11.0 Å². The van der Waals surface area contributed by atoms with Crippen molar-refractivity contribution in [2.45, 2.75) is 11.8 Å². The molecule has 0 heterocycles. The zero-order valence-corrected chi connectivity index (χ0v) is 8.66. The third-order valence-electron chi connectivity index (χ3n) is 1.57. The minimum atomic E-state index is -4.14. The molecule has 3 nitrogen and oxygen atoms in total. The predicted molar refractivity (Wildman–Crippen MR) is 48.9 cm³/mol. The van der Waals surface area contributed by atoms with Gasteiger partial charge >= 0.3 is 0 Å². The molecule has 0 radical (unpaired) electrons. The molecule has 0 aliphatic rings. The second kappa shape index (κ2) is 3.56. The van der Waals surface area contributed by atoms with E-state index in [4.69, 9.17) is 15.9 Å². The molecular weight excluding hydrogens is 229 g/mol. The van der Waals surface area contributed by atoms with E-state index < -0.39 is 19.8 Å². The first kappa shape index (κ1) is 11.0. The van der Waals surface area contributed by atoms with Crippen molar-refractivity contribution in [3.8, 4) is 6.07 Å². The van der Waals surface area contributed by atoms with Crippen LogP contribution in [0.15, 0.2) is 17.0 Å². The molecule has 1 aromatic carbocycles. The highest BCUT2D eigenvalue weighted by molar-refractivity contribution is 8.13. The maximum Gasteiger partial charge on any atom is 0.264 e. The molecule has 1 rings (SSSR count). The zero-order valence-electron chi connectivity index (χ0n) is 7.08. The number of nitrogens with zero attached hydrogens (tertiary/aromatic N) is 1. The summed E-state index contributed by atoms with van der Waals surface area (Å²) in [7, 11) is 0.845. The summed E-state index contributed by atoms with van der Waals surface area (Å²) in [6.07, 6.45) is 0. The monoisotopic (exact) mass is 233 g/mol. The molecule has 0 spiro atoms. The second-order valence-corrected chi connectivity index (χ2v) is 5.21. The van der Waals surface area contributed by atoms with Crippen LogP contribution in [0.25, 0.3) is 0 Å². The van der Waals surface area contributed by atoms with Gasteiger partial charge in [-0.15, -0.1) is 0 Å². The van der Waals surface area contributed by atoms with E-state index in [2.05, 4.69) is 0 Å². The van der Waals surface area contributed by atoms with Gasteiger partial charge in [-0.05, 0) is 24.6 Å². The topological polar surface area (TPSA) is 57.9 Å². The Kier molecular flexibility index (Phi) is 2.79. The second-order valence-electron chi connectivity index (χ2n) is 2.67. The highest BCUT2D eigenvalue weighted by atomic mass is 35.7. The predicted octanol–water partition coefficient (Wildman–Crippen LogP) is 1.93. The average Bonchev–Trinajstić information content (AvgIpc) is 2.06. The third kappa shape index (κ3) is 2.03. The molecule has 0 fully saturated rings. The van der Waals surface area contributed by atoms with Crippen LogP contribution in [0.4, 0.5) is 4.39 Å². The van der Waals surface area contributed by atoms with Gasteiger partial charge in [0, 0.05) is 10.7 Å². The normalized spacial score (nSPS) is 11.0. The van der Waals surface area contributed by atoms with E-state index >= 15 is 0 Å². The van der Waals surface area contributed by atoms with Crippen LogP contribution in [-0.4, -0.2) is 8.42 Å². The number of hydrogen-bond acceptors (Lipinski definition) is 3. The fraction of sp³-hybridized carbons (Fsp3) is 0.125. The molecule has 0 aliphatic carbocycles. The van der Waals surface area contributed by atoms with Crippen LogP contribution in [0.2, 0.25) is 0 Å². The Labute approximate surface area is 85.2 Å². The molecule has 14 heavy (non-hydrogen) atoms. The summed E-state index contributed by atoms with van der Waals surface area (Å²) < 4.78 is 35.0. The molecule has 0 unspecified atom stereocenters. The number of rotatable bonds is 1. The fourth-order valence-electron chi connectivity index (χ4n) is 0.994. The van der Waals surface area contributed by atoms with Crippen molar-refractivity contribution in [3.63, 3.8) is 0 Å². The molecule has 6 heteroatoms. The van der Waals surface area contributed by atoms with Crippen molar-refractivity contribution >= 4 is 19.7 Å². The Hall–Kier alpha value is -1.12. The van der Waals surface area contributed by atoms with Crippen molar-refractivity contribution in [2.75, 3.05) is 0 Å². The maximum absolute atomic E-state index is 13.3. The summed E-state index contributed by atoms with van der Waals surface area (Å²) in [5, 5.41) is 8.51. The Morgan fingerprint density at radius 1 is 1.50 bits per heavy atom. The Bertz CT molecular complexity index is 519. The summed E-state index contributed by atoms with van der Waals surface area (Å²) in [5.41, 5.74) is 0.131. The molecule has 0 bridgehead atoms. The van der Waals surface area contributed by atoms with E-state index in [0.717, 1.165) is 6.07 Å². The molecule has 0 aromatic heterocycles. The first-order valence-electron chi connectivity index (χ1n) is 3.51. The van der Waals surface area contributed by atoms with Crippen molar-refractivity contribution in [2.24, 2.45) is 0 Å². The fourth-order valence-corrected chi connectivity index (χ4v) is 1.98. The van der Waals surface area contributed by atoms with Crippen molar-refractivity contribution in [3.05, 3.63) is 29.1 Å². The number of hydrogen-bond donors (Lipinski definition) is 0. The maximum atomic E-state index is 13.3. The molecule has 0 atom stereocenters. The van der Waals surface area contributed by atoms with Crippen LogP contribution >= 0.6 is 10.7 Å². The molecular formula is C8H5ClFNO2S. The summed E-state index contributed by atoms with van der Waals surface area (Å²) in [6, 6.07) is 3.88. The minimum Gasteiger partial charge on any atom is -0.207 e. The number of benzene rings is 1. The van der Waals surface area contributed by atoms with Gasteiger partial charge < -0.3 is 0 Å². The molecule has 0 saturated carbocycles.